The van der Waals surface area contributed by atoms with E-state index in [1.54, 1.807) is 18.2 Å². The highest BCUT2D eigenvalue weighted by Gasteiger charge is 2.38. The molecule has 0 unspecified atom stereocenters. The summed E-state index contributed by atoms with van der Waals surface area (Å²) in [6.07, 6.45) is 1.22. The second-order valence-corrected chi connectivity index (χ2v) is 5.59. The maximum absolute atomic E-state index is 11.8. The number of esters is 2. The molecule has 2 rings (SSSR count). The fourth-order valence-electron chi connectivity index (χ4n) is 1.97. The standard InChI is InChI=1S/C16H18N2O5/c1-9-5-6-11(7-13(9)18-10(2)19)17-8-12-14(20)22-16(3,4)23-15(12)21/h5-8,17H,1-4H3,(H,18,19). The van der Waals surface area contributed by atoms with Gasteiger partial charge in [-0.1, -0.05) is 6.07 Å². The summed E-state index contributed by atoms with van der Waals surface area (Å²) in [5, 5.41) is 5.53. The minimum atomic E-state index is -1.27. The lowest BCUT2D eigenvalue weighted by atomic mass is 10.1. The molecule has 122 valence electrons. The SMILES string of the molecule is CC(=O)Nc1cc(NC=C2C(=O)OC(C)(C)OC2=O)ccc1C. The zero-order valence-corrected chi connectivity index (χ0v) is 13.4. The number of cyclic esters (lactones) is 2. The van der Waals surface area contributed by atoms with Crippen LogP contribution in [0, 0.1) is 6.92 Å². The molecule has 0 bridgehead atoms. The van der Waals surface area contributed by atoms with E-state index in [1.165, 1.54) is 27.0 Å². The molecule has 23 heavy (non-hydrogen) atoms. The lowest BCUT2D eigenvalue weighted by Gasteiger charge is -2.29. The van der Waals surface area contributed by atoms with E-state index in [2.05, 4.69) is 10.6 Å². The molecule has 1 amide bonds. The largest absolute Gasteiger partial charge is 0.419 e. The lowest BCUT2D eigenvalue weighted by molar-refractivity contribution is -0.222. The van der Waals surface area contributed by atoms with Crippen LogP contribution in [0.1, 0.15) is 26.3 Å². The Bertz CT molecular complexity index is 684. The summed E-state index contributed by atoms with van der Waals surface area (Å²) in [6.45, 7) is 6.22. The van der Waals surface area contributed by atoms with Crippen molar-refractivity contribution in [2.75, 3.05) is 10.6 Å². The van der Waals surface area contributed by atoms with Crippen LogP contribution in [-0.4, -0.2) is 23.6 Å². The molecule has 1 aromatic rings. The fourth-order valence-corrected chi connectivity index (χ4v) is 1.97. The van der Waals surface area contributed by atoms with Crippen molar-refractivity contribution in [2.45, 2.75) is 33.5 Å². The first-order valence-electron chi connectivity index (χ1n) is 6.99. The van der Waals surface area contributed by atoms with Crippen LogP contribution in [0.2, 0.25) is 0 Å². The maximum Gasteiger partial charge on any atom is 0.350 e. The molecule has 0 atom stereocenters. The van der Waals surface area contributed by atoms with Crippen LogP contribution in [0.3, 0.4) is 0 Å². The summed E-state index contributed by atoms with van der Waals surface area (Å²) >= 11 is 0. The van der Waals surface area contributed by atoms with Crippen molar-refractivity contribution in [3.8, 4) is 0 Å². The van der Waals surface area contributed by atoms with Crippen molar-refractivity contribution in [3.05, 3.63) is 35.5 Å². The molecule has 1 aliphatic heterocycles. The van der Waals surface area contributed by atoms with Crippen LogP contribution >= 0.6 is 0 Å². The minimum Gasteiger partial charge on any atom is -0.419 e. The Morgan fingerprint density at radius 2 is 1.78 bits per heavy atom. The molecule has 0 radical (unpaired) electrons. The highest BCUT2D eigenvalue weighted by Crippen LogP contribution is 2.24. The van der Waals surface area contributed by atoms with Crippen molar-refractivity contribution in [1.82, 2.24) is 0 Å². The normalized spacial score (nSPS) is 16.3. The number of amides is 1. The van der Waals surface area contributed by atoms with Crippen LogP contribution in [0.15, 0.2) is 30.0 Å². The number of hydrogen-bond acceptors (Lipinski definition) is 6. The van der Waals surface area contributed by atoms with Gasteiger partial charge in [-0.15, -0.1) is 0 Å². The number of aryl methyl sites for hydroxylation is 1. The van der Waals surface area contributed by atoms with Gasteiger partial charge in [-0.05, 0) is 24.6 Å². The van der Waals surface area contributed by atoms with Crippen LogP contribution in [0.25, 0.3) is 0 Å². The van der Waals surface area contributed by atoms with Gasteiger partial charge in [-0.3, -0.25) is 4.79 Å². The molecular weight excluding hydrogens is 300 g/mol. The van der Waals surface area contributed by atoms with E-state index in [4.69, 9.17) is 9.47 Å². The van der Waals surface area contributed by atoms with Crippen molar-refractivity contribution < 1.29 is 23.9 Å². The van der Waals surface area contributed by atoms with E-state index >= 15 is 0 Å². The quantitative estimate of drug-likeness (QED) is 0.503. The smallest absolute Gasteiger partial charge is 0.350 e. The Morgan fingerprint density at radius 3 is 2.35 bits per heavy atom. The first kappa shape index (κ1) is 16.5. The van der Waals surface area contributed by atoms with E-state index < -0.39 is 17.7 Å². The van der Waals surface area contributed by atoms with Gasteiger partial charge in [0.25, 0.3) is 5.79 Å². The molecule has 0 aliphatic carbocycles. The third-order valence-corrected chi connectivity index (χ3v) is 3.05. The van der Waals surface area contributed by atoms with E-state index in [-0.39, 0.29) is 11.5 Å². The molecule has 1 aromatic carbocycles. The predicted octanol–water partition coefficient (Wildman–Crippen LogP) is 2.09. The number of benzene rings is 1. The lowest BCUT2D eigenvalue weighted by Crippen LogP contribution is -2.42. The molecule has 1 heterocycles. The van der Waals surface area contributed by atoms with Gasteiger partial charge in [0.15, 0.2) is 5.57 Å². The molecule has 0 aromatic heterocycles. The van der Waals surface area contributed by atoms with Gasteiger partial charge in [0.05, 0.1) is 0 Å². The summed E-state index contributed by atoms with van der Waals surface area (Å²) < 4.78 is 9.99. The zero-order valence-electron chi connectivity index (χ0n) is 13.4. The third kappa shape index (κ3) is 4.09. The van der Waals surface area contributed by atoms with Crippen molar-refractivity contribution in [1.29, 1.82) is 0 Å². The average Bonchev–Trinajstić information content (AvgIpc) is 2.39. The summed E-state index contributed by atoms with van der Waals surface area (Å²) in [5.41, 5.74) is 1.88. The van der Waals surface area contributed by atoms with Crippen LogP contribution in [0.5, 0.6) is 0 Å². The number of ether oxygens (including phenoxy) is 2. The summed E-state index contributed by atoms with van der Waals surface area (Å²) in [5.74, 6) is -2.97. The summed E-state index contributed by atoms with van der Waals surface area (Å²) in [4.78, 5) is 34.8. The number of carbonyl (C=O) groups is 3. The van der Waals surface area contributed by atoms with E-state index in [9.17, 15) is 14.4 Å². The highest BCUT2D eigenvalue weighted by molar-refractivity contribution is 6.15. The predicted molar refractivity (Wildman–Crippen MR) is 83.5 cm³/mol. The Balaban J connectivity index is 2.18. The van der Waals surface area contributed by atoms with E-state index in [1.807, 2.05) is 6.92 Å². The molecule has 1 saturated heterocycles. The number of carbonyl (C=O) groups excluding carboxylic acids is 3. The second kappa shape index (κ2) is 6.12. The monoisotopic (exact) mass is 318 g/mol. The van der Waals surface area contributed by atoms with E-state index in [0.717, 1.165) is 5.56 Å². The van der Waals surface area contributed by atoms with Crippen molar-refractivity contribution in [2.24, 2.45) is 0 Å². The van der Waals surface area contributed by atoms with Gasteiger partial charge in [0, 0.05) is 38.3 Å². The molecule has 7 nitrogen and oxygen atoms in total. The van der Waals surface area contributed by atoms with Gasteiger partial charge in [-0.25, -0.2) is 9.59 Å². The van der Waals surface area contributed by atoms with Gasteiger partial charge in [0.1, 0.15) is 0 Å². The number of rotatable bonds is 3. The Morgan fingerprint density at radius 1 is 1.17 bits per heavy atom. The topological polar surface area (TPSA) is 93.7 Å². The second-order valence-electron chi connectivity index (χ2n) is 5.59. The molecular formula is C16H18N2O5. The Labute approximate surface area is 133 Å². The van der Waals surface area contributed by atoms with Gasteiger partial charge < -0.3 is 20.1 Å². The number of anilines is 2. The minimum absolute atomic E-state index is 0.190. The fraction of sp³-hybridized carbons (Fsp3) is 0.312. The number of hydrogen-bond donors (Lipinski definition) is 2. The summed E-state index contributed by atoms with van der Waals surface area (Å²) in [7, 11) is 0. The molecule has 0 saturated carbocycles. The molecule has 1 fully saturated rings. The van der Waals surface area contributed by atoms with Crippen LogP contribution < -0.4 is 10.6 Å². The molecule has 0 spiro atoms. The highest BCUT2D eigenvalue weighted by atomic mass is 16.7. The van der Waals surface area contributed by atoms with Crippen molar-refractivity contribution in [3.63, 3.8) is 0 Å². The maximum atomic E-state index is 11.8. The average molecular weight is 318 g/mol. The van der Waals surface area contributed by atoms with Crippen LogP contribution in [-0.2, 0) is 23.9 Å². The van der Waals surface area contributed by atoms with E-state index in [0.29, 0.717) is 11.4 Å². The number of nitrogens with one attached hydrogen (secondary N) is 2. The molecule has 7 heteroatoms. The first-order chi connectivity index (χ1) is 10.7. The molecule has 1 aliphatic rings. The Kier molecular flexibility index (Phi) is 4.40. The van der Waals surface area contributed by atoms with Gasteiger partial charge >= 0.3 is 11.9 Å². The van der Waals surface area contributed by atoms with Gasteiger partial charge in [-0.2, -0.15) is 0 Å². The third-order valence-electron chi connectivity index (χ3n) is 3.05. The Hall–Kier alpha value is -2.83. The van der Waals surface area contributed by atoms with Crippen LogP contribution in [0.4, 0.5) is 11.4 Å². The first-order valence-corrected chi connectivity index (χ1v) is 6.99. The van der Waals surface area contributed by atoms with Gasteiger partial charge in [0.2, 0.25) is 5.91 Å². The molecule has 2 N–H and O–H groups in total. The van der Waals surface area contributed by atoms with Crippen molar-refractivity contribution >= 4 is 29.2 Å². The zero-order chi connectivity index (χ0) is 17.2. The summed E-state index contributed by atoms with van der Waals surface area (Å²) in [6, 6.07) is 5.24.